The van der Waals surface area contributed by atoms with E-state index >= 15 is 0 Å². The molecule has 6 nitrogen and oxygen atoms in total. The van der Waals surface area contributed by atoms with Crippen LogP contribution in [0.5, 0.6) is 0 Å². The Balaban J connectivity index is 1.46. The second kappa shape index (κ2) is 7.36. The van der Waals surface area contributed by atoms with Crippen LogP contribution in [0.1, 0.15) is 39.4 Å². The second-order valence-electron chi connectivity index (χ2n) is 6.43. The van der Waals surface area contributed by atoms with E-state index in [1.54, 1.807) is 31.2 Å². The number of aryl methyl sites for hydroxylation is 1. The van der Waals surface area contributed by atoms with Crippen LogP contribution >= 0.6 is 11.3 Å². The fourth-order valence-corrected chi connectivity index (χ4v) is 3.75. The monoisotopic (exact) mass is 381 g/mol. The average molecular weight is 381 g/mol. The number of anilines is 1. The molecule has 0 bridgehead atoms. The van der Waals surface area contributed by atoms with Gasteiger partial charge in [0, 0.05) is 24.3 Å². The first-order valence-electron chi connectivity index (χ1n) is 8.84. The Hall–Kier alpha value is -2.93. The van der Waals surface area contributed by atoms with Crippen LogP contribution in [0.2, 0.25) is 0 Å². The first kappa shape index (κ1) is 17.5. The van der Waals surface area contributed by atoms with Gasteiger partial charge in [-0.15, -0.1) is 11.3 Å². The van der Waals surface area contributed by atoms with Gasteiger partial charge >= 0.3 is 0 Å². The molecule has 0 spiro atoms. The molecule has 4 rings (SSSR count). The average Bonchev–Trinajstić information content (AvgIpc) is 3.43. The zero-order valence-corrected chi connectivity index (χ0v) is 15.7. The van der Waals surface area contributed by atoms with Gasteiger partial charge in [-0.25, -0.2) is 4.98 Å². The number of rotatable bonds is 4. The Labute approximate surface area is 160 Å². The summed E-state index contributed by atoms with van der Waals surface area (Å²) in [6.45, 7) is 3.35. The van der Waals surface area contributed by atoms with Gasteiger partial charge in [-0.1, -0.05) is 6.07 Å². The molecule has 1 aromatic carbocycles. The van der Waals surface area contributed by atoms with Crippen LogP contribution in [-0.4, -0.2) is 34.8 Å². The third-order valence-electron chi connectivity index (χ3n) is 4.53. The van der Waals surface area contributed by atoms with Crippen LogP contribution in [-0.2, 0) is 0 Å². The highest BCUT2D eigenvalue weighted by Crippen LogP contribution is 2.26. The Bertz CT molecular complexity index is 955. The smallest absolute Gasteiger partial charge is 0.277 e. The summed E-state index contributed by atoms with van der Waals surface area (Å²) in [4.78, 5) is 32.0. The maximum absolute atomic E-state index is 12.5. The van der Waals surface area contributed by atoms with E-state index in [9.17, 15) is 9.59 Å². The molecule has 2 aromatic heterocycles. The van der Waals surface area contributed by atoms with E-state index in [4.69, 9.17) is 4.42 Å². The Morgan fingerprint density at radius 3 is 2.56 bits per heavy atom. The SMILES string of the molecule is Cc1oc(-c2cccs2)nc1C(=O)Nc1ccc(C(=O)N2CCCC2)cc1. The summed E-state index contributed by atoms with van der Waals surface area (Å²) in [5, 5.41) is 4.74. The van der Waals surface area contributed by atoms with Crippen LogP contribution in [0.3, 0.4) is 0 Å². The first-order chi connectivity index (χ1) is 13.1. The van der Waals surface area contributed by atoms with Gasteiger partial charge in [0.15, 0.2) is 5.69 Å². The molecule has 0 unspecified atom stereocenters. The molecule has 27 heavy (non-hydrogen) atoms. The minimum Gasteiger partial charge on any atom is -0.440 e. The Morgan fingerprint density at radius 2 is 1.89 bits per heavy atom. The highest BCUT2D eigenvalue weighted by Gasteiger charge is 2.21. The number of nitrogens with one attached hydrogen (secondary N) is 1. The highest BCUT2D eigenvalue weighted by atomic mass is 32.1. The predicted octanol–water partition coefficient (Wildman–Crippen LogP) is 4.20. The zero-order chi connectivity index (χ0) is 18.8. The quantitative estimate of drug-likeness (QED) is 0.735. The number of nitrogens with zero attached hydrogens (tertiary/aromatic N) is 2. The summed E-state index contributed by atoms with van der Waals surface area (Å²) in [6.07, 6.45) is 2.12. The molecule has 3 heterocycles. The molecule has 7 heteroatoms. The van der Waals surface area contributed by atoms with Crippen molar-refractivity contribution in [2.45, 2.75) is 19.8 Å². The summed E-state index contributed by atoms with van der Waals surface area (Å²) < 4.78 is 5.61. The van der Waals surface area contributed by atoms with Crippen molar-refractivity contribution in [1.29, 1.82) is 0 Å². The number of carbonyl (C=O) groups is 2. The van der Waals surface area contributed by atoms with Gasteiger partial charge in [0.2, 0.25) is 5.89 Å². The summed E-state index contributed by atoms with van der Waals surface area (Å²) in [7, 11) is 0. The summed E-state index contributed by atoms with van der Waals surface area (Å²) in [5.74, 6) is 0.618. The fourth-order valence-electron chi connectivity index (χ4n) is 3.10. The number of aromatic nitrogens is 1. The van der Waals surface area contributed by atoms with Crippen LogP contribution in [0.4, 0.5) is 5.69 Å². The molecule has 1 N–H and O–H groups in total. The number of likely N-dealkylation sites (tertiary alicyclic amines) is 1. The third-order valence-corrected chi connectivity index (χ3v) is 5.38. The number of oxazole rings is 1. The van der Waals surface area contributed by atoms with Gasteiger partial charge in [0.25, 0.3) is 11.8 Å². The highest BCUT2D eigenvalue weighted by molar-refractivity contribution is 7.13. The largest absolute Gasteiger partial charge is 0.440 e. The van der Waals surface area contributed by atoms with E-state index in [-0.39, 0.29) is 17.5 Å². The molecule has 138 valence electrons. The van der Waals surface area contributed by atoms with Gasteiger partial charge in [0.05, 0.1) is 4.88 Å². The second-order valence-corrected chi connectivity index (χ2v) is 7.38. The number of thiophene rings is 1. The number of hydrogen-bond donors (Lipinski definition) is 1. The lowest BCUT2D eigenvalue weighted by Gasteiger charge is -2.15. The van der Waals surface area contributed by atoms with Gasteiger partial charge in [0.1, 0.15) is 5.76 Å². The van der Waals surface area contributed by atoms with Gasteiger partial charge in [-0.2, -0.15) is 0 Å². The van der Waals surface area contributed by atoms with Crippen molar-refractivity contribution in [3.05, 3.63) is 58.8 Å². The fraction of sp³-hybridized carbons (Fsp3) is 0.250. The Kier molecular flexibility index (Phi) is 4.77. The molecular weight excluding hydrogens is 362 g/mol. The van der Waals surface area contributed by atoms with Crippen LogP contribution in [0.25, 0.3) is 10.8 Å². The molecule has 1 fully saturated rings. The van der Waals surface area contributed by atoms with E-state index < -0.39 is 0 Å². The summed E-state index contributed by atoms with van der Waals surface area (Å²) in [6, 6.07) is 10.7. The lowest BCUT2D eigenvalue weighted by Crippen LogP contribution is -2.27. The molecule has 0 atom stereocenters. The van der Waals surface area contributed by atoms with Crippen molar-refractivity contribution in [2.24, 2.45) is 0 Å². The van der Waals surface area contributed by atoms with Gasteiger partial charge in [-0.3, -0.25) is 9.59 Å². The van der Waals surface area contributed by atoms with Crippen LogP contribution in [0.15, 0.2) is 46.2 Å². The maximum atomic E-state index is 12.5. The van der Waals surface area contributed by atoms with Gasteiger partial charge in [-0.05, 0) is 55.5 Å². The lowest BCUT2D eigenvalue weighted by atomic mass is 10.2. The molecule has 1 aliphatic heterocycles. The van der Waals surface area contributed by atoms with E-state index in [1.165, 1.54) is 11.3 Å². The molecule has 3 aromatic rings. The van der Waals surface area contributed by atoms with E-state index in [1.807, 2.05) is 22.4 Å². The van der Waals surface area contributed by atoms with Crippen molar-refractivity contribution in [3.63, 3.8) is 0 Å². The standard InChI is InChI=1S/C20H19N3O3S/c1-13-17(22-19(26-13)16-5-4-12-27-16)18(24)21-15-8-6-14(7-9-15)20(25)23-10-2-3-11-23/h4-9,12H,2-3,10-11H2,1H3,(H,21,24). The van der Waals surface area contributed by atoms with Crippen molar-refractivity contribution in [1.82, 2.24) is 9.88 Å². The van der Waals surface area contributed by atoms with Crippen molar-refractivity contribution in [3.8, 4) is 10.8 Å². The normalized spacial score (nSPS) is 13.7. The molecule has 0 aliphatic carbocycles. The maximum Gasteiger partial charge on any atom is 0.277 e. The first-order valence-corrected chi connectivity index (χ1v) is 9.72. The lowest BCUT2D eigenvalue weighted by molar-refractivity contribution is 0.0792. The van der Waals surface area contributed by atoms with Gasteiger partial charge < -0.3 is 14.6 Å². The van der Waals surface area contributed by atoms with Crippen LogP contribution < -0.4 is 5.32 Å². The summed E-state index contributed by atoms with van der Waals surface area (Å²) in [5.41, 5.74) is 1.50. The van der Waals surface area contributed by atoms with Crippen LogP contribution in [0, 0.1) is 6.92 Å². The Morgan fingerprint density at radius 1 is 1.15 bits per heavy atom. The predicted molar refractivity (Wildman–Crippen MR) is 104 cm³/mol. The van der Waals surface area contributed by atoms with E-state index in [0.29, 0.717) is 22.9 Å². The van der Waals surface area contributed by atoms with E-state index in [0.717, 1.165) is 30.8 Å². The summed E-state index contributed by atoms with van der Waals surface area (Å²) >= 11 is 1.50. The van der Waals surface area contributed by atoms with Crippen molar-refractivity contribution >= 4 is 28.8 Å². The molecule has 1 aliphatic rings. The van der Waals surface area contributed by atoms with Crippen molar-refractivity contribution in [2.75, 3.05) is 18.4 Å². The third kappa shape index (κ3) is 3.64. The minimum absolute atomic E-state index is 0.0401. The number of carbonyl (C=O) groups excluding carboxylic acids is 2. The zero-order valence-electron chi connectivity index (χ0n) is 14.9. The van der Waals surface area contributed by atoms with E-state index in [2.05, 4.69) is 10.3 Å². The molecule has 0 radical (unpaired) electrons. The molecule has 1 saturated heterocycles. The molecular formula is C20H19N3O3S. The van der Waals surface area contributed by atoms with Crippen molar-refractivity contribution < 1.29 is 14.0 Å². The number of hydrogen-bond acceptors (Lipinski definition) is 5. The molecule has 2 amide bonds. The number of amides is 2. The minimum atomic E-state index is -0.335. The number of benzene rings is 1. The topological polar surface area (TPSA) is 75.4 Å². The molecule has 0 saturated carbocycles.